The van der Waals surface area contributed by atoms with Crippen molar-refractivity contribution >= 4 is 29.3 Å². The molecule has 0 saturated carbocycles. The van der Waals surface area contributed by atoms with Crippen molar-refractivity contribution in [3.63, 3.8) is 0 Å². The zero-order chi connectivity index (χ0) is 16.7. The van der Waals surface area contributed by atoms with Crippen LogP contribution in [0.4, 0.5) is 5.69 Å². The molecule has 23 heavy (non-hydrogen) atoms. The maximum absolute atomic E-state index is 11.8. The molecule has 0 aliphatic carbocycles. The molecule has 1 unspecified atom stereocenters. The molecule has 1 N–H and O–H groups in total. The van der Waals surface area contributed by atoms with Crippen LogP contribution in [0.2, 0.25) is 5.15 Å². The van der Waals surface area contributed by atoms with Crippen LogP contribution >= 0.6 is 11.6 Å². The van der Waals surface area contributed by atoms with E-state index in [9.17, 15) is 4.79 Å². The molecule has 120 valence electrons. The lowest BCUT2D eigenvalue weighted by atomic mass is 10.2. The highest BCUT2D eigenvalue weighted by atomic mass is 35.5. The second kappa shape index (κ2) is 8.34. The number of hydrogen-bond acceptors (Lipinski definition) is 3. The first-order valence-electron chi connectivity index (χ1n) is 7.44. The second-order valence-electron chi connectivity index (χ2n) is 5.10. The molecule has 1 amide bonds. The van der Waals surface area contributed by atoms with Crippen LogP contribution in [0.1, 0.15) is 25.8 Å². The highest BCUT2D eigenvalue weighted by Crippen LogP contribution is 2.16. The first-order chi connectivity index (χ1) is 11.1. The van der Waals surface area contributed by atoms with Crippen molar-refractivity contribution in [1.29, 1.82) is 0 Å². The van der Waals surface area contributed by atoms with Gasteiger partial charge in [0.25, 0.3) is 0 Å². The Morgan fingerprint density at radius 3 is 2.65 bits per heavy atom. The van der Waals surface area contributed by atoms with Crippen LogP contribution in [0.25, 0.3) is 6.08 Å². The predicted octanol–water partition coefficient (Wildman–Crippen LogP) is 4.56. The van der Waals surface area contributed by atoms with E-state index in [1.54, 1.807) is 18.2 Å². The fourth-order valence-electron chi connectivity index (χ4n) is 1.78. The van der Waals surface area contributed by atoms with Crippen molar-refractivity contribution in [1.82, 2.24) is 4.98 Å². The monoisotopic (exact) mass is 330 g/mol. The normalized spacial score (nSPS) is 12.1. The molecule has 0 radical (unpaired) electrons. The highest BCUT2D eigenvalue weighted by Gasteiger charge is 2.01. The minimum Gasteiger partial charge on any atom is -0.491 e. The number of benzene rings is 1. The van der Waals surface area contributed by atoms with Gasteiger partial charge in [-0.05, 0) is 49.2 Å². The Labute approximate surface area is 141 Å². The van der Waals surface area contributed by atoms with Crippen molar-refractivity contribution in [3.8, 4) is 5.75 Å². The third-order valence-electron chi connectivity index (χ3n) is 3.21. The molecule has 4 nitrogen and oxygen atoms in total. The van der Waals surface area contributed by atoms with Gasteiger partial charge in [-0.25, -0.2) is 4.98 Å². The standard InChI is InChI=1S/C18H19ClN2O2/c1-3-13(2)23-16-8-4-14(5-9-16)6-11-18(22)21-15-7-10-17(19)20-12-15/h4-13H,3H2,1-2H3,(H,21,22). The summed E-state index contributed by atoms with van der Waals surface area (Å²) >= 11 is 5.69. The quantitative estimate of drug-likeness (QED) is 0.623. The van der Waals surface area contributed by atoms with Crippen molar-refractivity contribution in [2.24, 2.45) is 0 Å². The summed E-state index contributed by atoms with van der Waals surface area (Å²) in [7, 11) is 0. The first kappa shape index (κ1) is 17.0. The van der Waals surface area contributed by atoms with E-state index in [-0.39, 0.29) is 12.0 Å². The molecule has 1 atom stereocenters. The molecule has 1 aromatic carbocycles. The second-order valence-corrected chi connectivity index (χ2v) is 5.49. The van der Waals surface area contributed by atoms with E-state index in [2.05, 4.69) is 17.2 Å². The van der Waals surface area contributed by atoms with Crippen LogP contribution in [0, 0.1) is 0 Å². The van der Waals surface area contributed by atoms with E-state index in [1.165, 1.54) is 12.3 Å². The summed E-state index contributed by atoms with van der Waals surface area (Å²) in [4.78, 5) is 15.7. The summed E-state index contributed by atoms with van der Waals surface area (Å²) in [6, 6.07) is 10.9. The lowest BCUT2D eigenvalue weighted by molar-refractivity contribution is -0.111. The van der Waals surface area contributed by atoms with Crippen LogP contribution in [0.15, 0.2) is 48.7 Å². The average Bonchev–Trinajstić information content (AvgIpc) is 2.56. The van der Waals surface area contributed by atoms with E-state index >= 15 is 0 Å². The van der Waals surface area contributed by atoms with Crippen molar-refractivity contribution in [2.45, 2.75) is 26.4 Å². The Morgan fingerprint density at radius 1 is 1.30 bits per heavy atom. The van der Waals surface area contributed by atoms with Crippen LogP contribution in [0.5, 0.6) is 5.75 Å². The molecule has 5 heteroatoms. The Hall–Kier alpha value is -2.33. The van der Waals surface area contributed by atoms with Gasteiger partial charge in [-0.3, -0.25) is 4.79 Å². The van der Waals surface area contributed by atoms with Crippen LogP contribution in [-0.4, -0.2) is 17.0 Å². The van der Waals surface area contributed by atoms with Crippen LogP contribution in [-0.2, 0) is 4.79 Å². The van der Waals surface area contributed by atoms with E-state index in [4.69, 9.17) is 16.3 Å². The maximum atomic E-state index is 11.8. The zero-order valence-electron chi connectivity index (χ0n) is 13.1. The minimum absolute atomic E-state index is 0.190. The Bertz CT molecular complexity index is 666. The van der Waals surface area contributed by atoms with Gasteiger partial charge in [0.2, 0.25) is 5.91 Å². The minimum atomic E-state index is -0.228. The molecule has 1 heterocycles. The van der Waals surface area contributed by atoms with E-state index in [0.717, 1.165) is 17.7 Å². The van der Waals surface area contributed by atoms with Gasteiger partial charge < -0.3 is 10.1 Å². The summed E-state index contributed by atoms with van der Waals surface area (Å²) in [5.41, 5.74) is 1.52. The molecular weight excluding hydrogens is 312 g/mol. The van der Waals surface area contributed by atoms with Crippen molar-refractivity contribution < 1.29 is 9.53 Å². The molecule has 0 aliphatic heterocycles. The summed E-state index contributed by atoms with van der Waals surface area (Å²) in [5.74, 6) is 0.599. The maximum Gasteiger partial charge on any atom is 0.248 e. The Kier molecular flexibility index (Phi) is 6.18. The Morgan fingerprint density at radius 2 is 2.04 bits per heavy atom. The lowest BCUT2D eigenvalue weighted by Crippen LogP contribution is -2.09. The summed E-state index contributed by atoms with van der Waals surface area (Å²) in [5, 5.41) is 3.10. The molecule has 0 spiro atoms. The highest BCUT2D eigenvalue weighted by molar-refractivity contribution is 6.29. The van der Waals surface area contributed by atoms with E-state index in [0.29, 0.717) is 10.8 Å². The van der Waals surface area contributed by atoms with Crippen LogP contribution in [0.3, 0.4) is 0 Å². The number of carbonyl (C=O) groups excluding carboxylic acids is 1. The first-order valence-corrected chi connectivity index (χ1v) is 7.82. The zero-order valence-corrected chi connectivity index (χ0v) is 13.9. The molecule has 0 bridgehead atoms. The number of anilines is 1. The average molecular weight is 331 g/mol. The third kappa shape index (κ3) is 5.75. The smallest absolute Gasteiger partial charge is 0.248 e. The number of carbonyl (C=O) groups is 1. The van der Waals surface area contributed by atoms with E-state index < -0.39 is 0 Å². The van der Waals surface area contributed by atoms with Crippen LogP contribution < -0.4 is 10.1 Å². The number of pyridine rings is 1. The van der Waals surface area contributed by atoms with Crippen molar-refractivity contribution in [3.05, 3.63) is 59.4 Å². The number of amides is 1. The molecule has 2 rings (SSSR count). The van der Waals surface area contributed by atoms with Gasteiger partial charge in [0.1, 0.15) is 10.9 Å². The fourth-order valence-corrected chi connectivity index (χ4v) is 1.89. The van der Waals surface area contributed by atoms with Gasteiger partial charge >= 0.3 is 0 Å². The number of ether oxygens (including phenoxy) is 1. The fraction of sp³-hybridized carbons (Fsp3) is 0.222. The largest absolute Gasteiger partial charge is 0.491 e. The summed E-state index contributed by atoms with van der Waals surface area (Å²) in [6.07, 6.45) is 5.87. The molecular formula is C18H19ClN2O2. The van der Waals surface area contributed by atoms with Gasteiger partial charge in [-0.2, -0.15) is 0 Å². The topological polar surface area (TPSA) is 51.2 Å². The number of nitrogens with one attached hydrogen (secondary N) is 1. The number of rotatable bonds is 6. The SMILES string of the molecule is CCC(C)Oc1ccc(C=CC(=O)Nc2ccc(Cl)nc2)cc1. The van der Waals surface area contributed by atoms with Crippen molar-refractivity contribution in [2.75, 3.05) is 5.32 Å². The summed E-state index contributed by atoms with van der Waals surface area (Å²) in [6.45, 7) is 4.11. The predicted molar refractivity (Wildman–Crippen MR) is 93.7 cm³/mol. The summed E-state index contributed by atoms with van der Waals surface area (Å²) < 4.78 is 5.71. The number of hydrogen-bond donors (Lipinski definition) is 1. The van der Waals surface area contributed by atoms with Gasteiger partial charge in [0.05, 0.1) is 18.0 Å². The third-order valence-corrected chi connectivity index (χ3v) is 3.44. The molecule has 0 saturated heterocycles. The van der Waals surface area contributed by atoms with Gasteiger partial charge in [-0.15, -0.1) is 0 Å². The molecule has 0 aliphatic rings. The molecule has 2 aromatic rings. The number of nitrogens with zero attached hydrogens (tertiary/aromatic N) is 1. The van der Waals surface area contributed by atoms with Gasteiger partial charge in [0, 0.05) is 6.08 Å². The lowest BCUT2D eigenvalue weighted by Gasteiger charge is -2.12. The Balaban J connectivity index is 1.91. The van der Waals surface area contributed by atoms with E-state index in [1.807, 2.05) is 31.2 Å². The molecule has 0 fully saturated rings. The number of halogens is 1. The van der Waals surface area contributed by atoms with Gasteiger partial charge in [0.15, 0.2) is 0 Å². The number of aromatic nitrogens is 1. The molecule has 1 aromatic heterocycles. The van der Waals surface area contributed by atoms with Gasteiger partial charge in [-0.1, -0.05) is 30.7 Å².